The second kappa shape index (κ2) is 8.61. The number of aliphatic hydroxyl groups excluding tert-OH is 1. The number of hydrogen-bond acceptors (Lipinski definition) is 3. The van der Waals surface area contributed by atoms with Crippen LogP contribution in [0.4, 0.5) is 4.39 Å². The van der Waals surface area contributed by atoms with Gasteiger partial charge in [0.15, 0.2) is 0 Å². The lowest BCUT2D eigenvalue weighted by Gasteiger charge is -2.27. The van der Waals surface area contributed by atoms with Gasteiger partial charge in [-0.05, 0) is 53.8 Å². The summed E-state index contributed by atoms with van der Waals surface area (Å²) < 4.78 is 14.1. The Bertz CT molecular complexity index is 1190. The van der Waals surface area contributed by atoms with Gasteiger partial charge in [0.05, 0.1) is 5.02 Å². The maximum Gasteiger partial charge on any atom is 0.251 e. The van der Waals surface area contributed by atoms with Crippen molar-refractivity contribution in [1.29, 1.82) is 0 Å². The lowest BCUT2D eigenvalue weighted by Crippen LogP contribution is -2.40. The van der Waals surface area contributed by atoms with Gasteiger partial charge in [0.1, 0.15) is 17.6 Å². The minimum absolute atomic E-state index is 0.0244. The molecule has 1 unspecified atom stereocenters. The van der Waals surface area contributed by atoms with Gasteiger partial charge in [-0.3, -0.25) is 4.79 Å². The van der Waals surface area contributed by atoms with Crippen LogP contribution in [0.25, 0.3) is 16.6 Å². The van der Waals surface area contributed by atoms with Crippen LogP contribution in [0.3, 0.4) is 0 Å². The minimum Gasteiger partial charge on any atom is -0.384 e. The molecule has 162 valence electrons. The standard InChI is InChI=1S/C23H22Cl2FN3O2/c1-12(20-18(24)3-4-19(26)21(20)25)17-11-28-22-16(17)9-15(10-27-22)14-5-7-29(8-6-14)23(31)13(2)30/h3-5,9-13,30H,6-8H2,1-2H3,(H,27,28)/t12?,13-/m1/s1. The van der Waals surface area contributed by atoms with E-state index in [-0.39, 0.29) is 16.8 Å². The van der Waals surface area contributed by atoms with E-state index in [4.69, 9.17) is 23.2 Å². The van der Waals surface area contributed by atoms with Crippen LogP contribution in [-0.4, -0.2) is 45.1 Å². The summed E-state index contributed by atoms with van der Waals surface area (Å²) in [4.78, 5) is 21.3. The molecule has 2 aromatic heterocycles. The van der Waals surface area contributed by atoms with Crippen LogP contribution in [0.15, 0.2) is 36.7 Å². The lowest BCUT2D eigenvalue weighted by molar-refractivity contribution is -0.138. The molecule has 1 aliphatic heterocycles. The Balaban J connectivity index is 1.68. The van der Waals surface area contributed by atoms with Crippen molar-refractivity contribution in [2.45, 2.75) is 32.3 Å². The van der Waals surface area contributed by atoms with Gasteiger partial charge >= 0.3 is 0 Å². The maximum atomic E-state index is 14.1. The second-order valence-corrected chi connectivity index (χ2v) is 8.57. The van der Waals surface area contributed by atoms with E-state index in [1.807, 2.05) is 25.3 Å². The smallest absolute Gasteiger partial charge is 0.251 e. The molecule has 3 heterocycles. The van der Waals surface area contributed by atoms with Gasteiger partial charge in [-0.15, -0.1) is 0 Å². The molecule has 1 amide bonds. The van der Waals surface area contributed by atoms with Crippen LogP contribution in [0.5, 0.6) is 0 Å². The second-order valence-electron chi connectivity index (χ2n) is 7.78. The molecule has 4 rings (SSSR count). The van der Waals surface area contributed by atoms with Crippen molar-refractivity contribution >= 4 is 45.7 Å². The molecule has 0 aliphatic carbocycles. The Morgan fingerprint density at radius 1 is 1.32 bits per heavy atom. The Kier molecular flexibility index (Phi) is 6.06. The highest BCUT2D eigenvalue weighted by atomic mass is 35.5. The van der Waals surface area contributed by atoms with Gasteiger partial charge in [-0.2, -0.15) is 0 Å². The first-order chi connectivity index (χ1) is 14.8. The first kappa shape index (κ1) is 21.8. The average molecular weight is 462 g/mol. The first-order valence-electron chi connectivity index (χ1n) is 10.0. The predicted molar refractivity (Wildman–Crippen MR) is 121 cm³/mol. The number of aromatic amines is 1. The van der Waals surface area contributed by atoms with Crippen molar-refractivity contribution in [1.82, 2.24) is 14.9 Å². The molecule has 0 bridgehead atoms. The third-order valence-electron chi connectivity index (χ3n) is 5.79. The Morgan fingerprint density at radius 2 is 2.10 bits per heavy atom. The van der Waals surface area contributed by atoms with Crippen molar-refractivity contribution in [2.75, 3.05) is 13.1 Å². The zero-order valence-electron chi connectivity index (χ0n) is 17.1. The SMILES string of the molecule is CC(c1c(Cl)ccc(F)c1Cl)c1c[nH]c2ncc(C3=CCN(C(=O)[C@@H](C)O)CC3)cc12. The molecule has 0 radical (unpaired) electrons. The number of amides is 1. The quantitative estimate of drug-likeness (QED) is 0.527. The first-order valence-corrected chi connectivity index (χ1v) is 10.8. The molecule has 1 aromatic carbocycles. The molecule has 8 heteroatoms. The Morgan fingerprint density at radius 3 is 2.77 bits per heavy atom. The number of hydrogen-bond donors (Lipinski definition) is 2. The third-order valence-corrected chi connectivity index (χ3v) is 6.50. The number of carbonyl (C=O) groups excluding carboxylic acids is 1. The number of nitrogens with zero attached hydrogens (tertiary/aromatic N) is 2. The van der Waals surface area contributed by atoms with Crippen molar-refractivity contribution in [3.05, 3.63) is 69.2 Å². The summed E-state index contributed by atoms with van der Waals surface area (Å²) in [6.45, 7) is 4.40. The predicted octanol–water partition coefficient (Wildman–Crippen LogP) is 5.16. The summed E-state index contributed by atoms with van der Waals surface area (Å²) in [5.74, 6) is -1.02. The Hall–Kier alpha value is -2.41. The normalized spacial score (nSPS) is 16.3. The summed E-state index contributed by atoms with van der Waals surface area (Å²) in [5, 5.41) is 10.9. The summed E-state index contributed by atoms with van der Waals surface area (Å²) in [7, 11) is 0. The fraction of sp³-hybridized carbons (Fsp3) is 0.304. The molecule has 31 heavy (non-hydrogen) atoms. The van der Waals surface area contributed by atoms with Gasteiger partial charge < -0.3 is 15.0 Å². The lowest BCUT2D eigenvalue weighted by atomic mass is 9.92. The fourth-order valence-corrected chi connectivity index (χ4v) is 4.75. The maximum absolute atomic E-state index is 14.1. The van der Waals surface area contributed by atoms with E-state index in [0.29, 0.717) is 30.1 Å². The van der Waals surface area contributed by atoms with Crippen molar-refractivity contribution < 1.29 is 14.3 Å². The number of benzene rings is 1. The van der Waals surface area contributed by atoms with E-state index in [1.165, 1.54) is 19.1 Å². The van der Waals surface area contributed by atoms with E-state index in [9.17, 15) is 14.3 Å². The Labute approximate surface area is 189 Å². The monoisotopic (exact) mass is 461 g/mol. The molecule has 1 aliphatic rings. The van der Waals surface area contributed by atoms with Crippen LogP contribution < -0.4 is 0 Å². The molecule has 2 atom stereocenters. The largest absolute Gasteiger partial charge is 0.384 e. The minimum atomic E-state index is -1.00. The molecule has 0 fully saturated rings. The molecule has 0 spiro atoms. The van der Waals surface area contributed by atoms with Crippen LogP contribution in [-0.2, 0) is 4.79 Å². The van der Waals surface area contributed by atoms with Crippen LogP contribution in [0.2, 0.25) is 10.0 Å². The van der Waals surface area contributed by atoms with E-state index < -0.39 is 11.9 Å². The van der Waals surface area contributed by atoms with Crippen molar-refractivity contribution in [3.8, 4) is 0 Å². The number of carbonyl (C=O) groups is 1. The van der Waals surface area contributed by atoms with E-state index in [2.05, 4.69) is 9.97 Å². The summed E-state index contributed by atoms with van der Waals surface area (Å²) in [5.41, 5.74) is 4.23. The number of pyridine rings is 1. The van der Waals surface area contributed by atoms with Crippen molar-refractivity contribution in [3.63, 3.8) is 0 Å². The van der Waals surface area contributed by atoms with Gasteiger partial charge in [-0.1, -0.05) is 36.2 Å². The molecule has 0 saturated carbocycles. The summed E-state index contributed by atoms with van der Waals surface area (Å²) >= 11 is 12.6. The molecular weight excluding hydrogens is 440 g/mol. The topological polar surface area (TPSA) is 69.2 Å². The zero-order chi connectivity index (χ0) is 22.3. The van der Waals surface area contributed by atoms with E-state index in [1.54, 1.807) is 11.1 Å². The number of aliphatic hydroxyl groups is 1. The summed E-state index contributed by atoms with van der Waals surface area (Å²) in [6.07, 6.45) is 5.30. The van der Waals surface area contributed by atoms with Gasteiger partial charge in [-0.25, -0.2) is 9.37 Å². The molecular formula is C23H22Cl2FN3O2. The van der Waals surface area contributed by atoms with Gasteiger partial charge in [0.25, 0.3) is 5.91 Å². The molecule has 0 saturated heterocycles. The fourth-order valence-electron chi connectivity index (χ4n) is 4.05. The van der Waals surface area contributed by atoms with E-state index >= 15 is 0 Å². The zero-order valence-corrected chi connectivity index (χ0v) is 18.6. The number of H-pyrrole nitrogens is 1. The summed E-state index contributed by atoms with van der Waals surface area (Å²) in [6, 6.07) is 4.82. The number of aromatic nitrogens is 2. The number of halogens is 3. The van der Waals surface area contributed by atoms with Crippen LogP contribution in [0.1, 0.15) is 42.9 Å². The van der Waals surface area contributed by atoms with Crippen LogP contribution >= 0.6 is 23.2 Å². The van der Waals surface area contributed by atoms with Crippen molar-refractivity contribution in [2.24, 2.45) is 0 Å². The van der Waals surface area contributed by atoms with Gasteiger partial charge in [0, 0.05) is 41.8 Å². The number of nitrogens with one attached hydrogen (secondary N) is 1. The molecule has 3 aromatic rings. The van der Waals surface area contributed by atoms with E-state index in [0.717, 1.165) is 27.7 Å². The molecule has 2 N–H and O–H groups in total. The highest BCUT2D eigenvalue weighted by Gasteiger charge is 2.24. The number of rotatable bonds is 4. The van der Waals surface area contributed by atoms with Gasteiger partial charge in [0.2, 0.25) is 0 Å². The highest BCUT2D eigenvalue weighted by molar-refractivity contribution is 6.36. The molecule has 5 nitrogen and oxygen atoms in total. The highest BCUT2D eigenvalue weighted by Crippen LogP contribution is 2.39. The average Bonchev–Trinajstić information content (AvgIpc) is 3.19. The number of fused-ring (bicyclic) bond motifs is 1. The third kappa shape index (κ3) is 4.07. The van der Waals surface area contributed by atoms with Crippen LogP contribution in [0, 0.1) is 5.82 Å².